The molecule has 7 nitrogen and oxygen atoms in total. The average molecular weight is 394 g/mol. The Morgan fingerprint density at radius 1 is 1.10 bits per heavy atom. The Morgan fingerprint density at radius 3 is 2.59 bits per heavy atom. The van der Waals surface area contributed by atoms with E-state index in [9.17, 15) is 14.7 Å². The monoisotopic (exact) mass is 394 g/mol. The van der Waals surface area contributed by atoms with Crippen LogP contribution < -0.4 is 10.1 Å². The van der Waals surface area contributed by atoms with E-state index in [-0.39, 0.29) is 17.7 Å². The standard InChI is InChI=1S/C22H22N2O5/c1-4-28-15-8-9-18-16(11-15)20(17(12-23-18)22(27)29-5-2)24-19-10-14(21(25)26)7-6-13(19)3/h6-12H,4-5H2,1-3H3,(H,23,24)(H,25,26). The zero-order chi connectivity index (χ0) is 21.0. The lowest BCUT2D eigenvalue weighted by molar-refractivity contribution is 0.0526. The van der Waals surface area contributed by atoms with Crippen LogP contribution in [-0.4, -0.2) is 35.2 Å². The number of nitrogens with zero attached hydrogens (tertiary/aromatic N) is 1. The molecule has 1 heterocycles. The molecule has 0 aliphatic heterocycles. The van der Waals surface area contributed by atoms with Crippen LogP contribution in [0, 0.1) is 6.92 Å². The van der Waals surface area contributed by atoms with Crippen LogP contribution in [0.25, 0.3) is 10.9 Å². The van der Waals surface area contributed by atoms with E-state index >= 15 is 0 Å². The van der Waals surface area contributed by atoms with Gasteiger partial charge in [0.15, 0.2) is 0 Å². The van der Waals surface area contributed by atoms with Crippen molar-refractivity contribution in [2.24, 2.45) is 0 Å². The summed E-state index contributed by atoms with van der Waals surface area (Å²) >= 11 is 0. The SMILES string of the molecule is CCOC(=O)c1cnc2ccc(OCC)cc2c1Nc1cc(C(=O)O)ccc1C. The molecule has 0 bridgehead atoms. The smallest absolute Gasteiger partial charge is 0.341 e. The van der Waals surface area contributed by atoms with Gasteiger partial charge in [0.2, 0.25) is 0 Å². The number of benzene rings is 2. The number of esters is 1. The number of pyridine rings is 1. The van der Waals surface area contributed by atoms with Crippen molar-refractivity contribution in [3.05, 3.63) is 59.3 Å². The first-order chi connectivity index (χ1) is 13.9. The number of aromatic nitrogens is 1. The summed E-state index contributed by atoms with van der Waals surface area (Å²) in [5, 5.41) is 13.2. The first-order valence-corrected chi connectivity index (χ1v) is 9.28. The molecule has 2 aromatic carbocycles. The third-order valence-electron chi connectivity index (χ3n) is 4.39. The van der Waals surface area contributed by atoms with Crippen molar-refractivity contribution in [2.75, 3.05) is 18.5 Å². The van der Waals surface area contributed by atoms with E-state index in [1.807, 2.05) is 19.9 Å². The maximum absolute atomic E-state index is 12.5. The predicted octanol–water partition coefficient (Wildman–Crippen LogP) is 4.56. The number of carboxylic acid groups (broad SMARTS) is 1. The summed E-state index contributed by atoms with van der Waals surface area (Å²) in [7, 11) is 0. The molecule has 7 heteroatoms. The topological polar surface area (TPSA) is 97.8 Å². The molecule has 0 spiro atoms. The third kappa shape index (κ3) is 4.29. The predicted molar refractivity (Wildman–Crippen MR) is 110 cm³/mol. The highest BCUT2D eigenvalue weighted by Crippen LogP contribution is 2.33. The van der Waals surface area contributed by atoms with E-state index in [0.29, 0.717) is 34.6 Å². The number of rotatable bonds is 7. The number of ether oxygens (including phenoxy) is 2. The van der Waals surface area contributed by atoms with Crippen molar-refractivity contribution in [3.63, 3.8) is 0 Å². The van der Waals surface area contributed by atoms with Crippen LogP contribution >= 0.6 is 0 Å². The van der Waals surface area contributed by atoms with Crippen LogP contribution in [0.1, 0.15) is 40.1 Å². The van der Waals surface area contributed by atoms with Crippen LogP contribution in [0.5, 0.6) is 5.75 Å². The quantitative estimate of drug-likeness (QED) is 0.567. The Hall–Kier alpha value is -3.61. The lowest BCUT2D eigenvalue weighted by Crippen LogP contribution is -2.10. The summed E-state index contributed by atoms with van der Waals surface area (Å²) in [6, 6.07) is 10.2. The molecule has 0 radical (unpaired) electrons. The molecule has 0 fully saturated rings. The Balaban J connectivity index is 2.20. The number of aryl methyl sites for hydroxylation is 1. The Morgan fingerprint density at radius 2 is 1.90 bits per heavy atom. The number of carbonyl (C=O) groups excluding carboxylic acids is 1. The fourth-order valence-corrected chi connectivity index (χ4v) is 2.95. The van der Waals surface area contributed by atoms with E-state index in [2.05, 4.69) is 10.3 Å². The van der Waals surface area contributed by atoms with Crippen LogP contribution in [0.3, 0.4) is 0 Å². The Kier molecular flexibility index (Phi) is 5.97. The van der Waals surface area contributed by atoms with Crippen molar-refractivity contribution in [1.82, 2.24) is 4.98 Å². The van der Waals surface area contributed by atoms with Gasteiger partial charge in [-0.1, -0.05) is 6.07 Å². The summed E-state index contributed by atoms with van der Waals surface area (Å²) in [6.45, 7) is 6.19. The average Bonchev–Trinajstić information content (AvgIpc) is 2.70. The maximum atomic E-state index is 12.5. The number of carboxylic acids is 1. The van der Waals surface area contributed by atoms with Gasteiger partial charge in [0.25, 0.3) is 0 Å². The third-order valence-corrected chi connectivity index (χ3v) is 4.39. The number of nitrogens with one attached hydrogen (secondary N) is 1. The summed E-state index contributed by atoms with van der Waals surface area (Å²) < 4.78 is 10.8. The normalized spacial score (nSPS) is 10.6. The molecule has 3 aromatic rings. The Labute approximate surface area is 168 Å². The molecule has 0 atom stereocenters. The molecule has 1 aromatic heterocycles. The highest BCUT2D eigenvalue weighted by Gasteiger charge is 2.18. The van der Waals surface area contributed by atoms with E-state index in [1.54, 1.807) is 25.1 Å². The first kappa shape index (κ1) is 20.1. The number of hydrogen-bond donors (Lipinski definition) is 2. The summed E-state index contributed by atoms with van der Waals surface area (Å²) in [6.07, 6.45) is 1.46. The molecule has 3 rings (SSSR count). The number of hydrogen-bond acceptors (Lipinski definition) is 6. The highest BCUT2D eigenvalue weighted by molar-refractivity contribution is 6.06. The van der Waals surface area contributed by atoms with Gasteiger partial charge in [-0.25, -0.2) is 9.59 Å². The minimum absolute atomic E-state index is 0.143. The molecule has 2 N–H and O–H groups in total. The summed E-state index contributed by atoms with van der Waals surface area (Å²) in [5.74, 6) is -0.906. The molecule has 29 heavy (non-hydrogen) atoms. The van der Waals surface area contributed by atoms with Crippen molar-refractivity contribution >= 4 is 34.2 Å². The number of carbonyl (C=O) groups is 2. The zero-order valence-corrected chi connectivity index (χ0v) is 16.5. The van der Waals surface area contributed by atoms with E-state index in [1.165, 1.54) is 18.3 Å². The molecule has 0 unspecified atom stereocenters. The van der Waals surface area contributed by atoms with Crippen molar-refractivity contribution < 1.29 is 24.2 Å². The van der Waals surface area contributed by atoms with Gasteiger partial charge in [-0.3, -0.25) is 4.98 Å². The van der Waals surface area contributed by atoms with Gasteiger partial charge in [0.05, 0.1) is 30.0 Å². The summed E-state index contributed by atoms with van der Waals surface area (Å²) in [4.78, 5) is 28.3. The number of fused-ring (bicyclic) bond motifs is 1. The first-order valence-electron chi connectivity index (χ1n) is 9.28. The van der Waals surface area contributed by atoms with E-state index < -0.39 is 11.9 Å². The second kappa shape index (κ2) is 8.60. The van der Waals surface area contributed by atoms with Gasteiger partial charge in [-0.05, 0) is 56.7 Å². The minimum atomic E-state index is -1.03. The molecule has 0 saturated heterocycles. The van der Waals surface area contributed by atoms with E-state index in [4.69, 9.17) is 9.47 Å². The second-order valence-electron chi connectivity index (χ2n) is 6.34. The van der Waals surface area contributed by atoms with Crippen molar-refractivity contribution in [1.29, 1.82) is 0 Å². The molecular weight excluding hydrogens is 372 g/mol. The largest absolute Gasteiger partial charge is 0.494 e. The van der Waals surface area contributed by atoms with Crippen LogP contribution in [-0.2, 0) is 4.74 Å². The molecule has 0 aliphatic rings. The maximum Gasteiger partial charge on any atom is 0.341 e. The molecule has 150 valence electrons. The van der Waals surface area contributed by atoms with Crippen molar-refractivity contribution in [2.45, 2.75) is 20.8 Å². The van der Waals surface area contributed by atoms with Crippen molar-refractivity contribution in [3.8, 4) is 5.75 Å². The lowest BCUT2D eigenvalue weighted by Gasteiger charge is -2.16. The highest BCUT2D eigenvalue weighted by atomic mass is 16.5. The lowest BCUT2D eigenvalue weighted by atomic mass is 10.1. The van der Waals surface area contributed by atoms with E-state index in [0.717, 1.165) is 5.56 Å². The van der Waals surface area contributed by atoms with Gasteiger partial charge in [0.1, 0.15) is 11.3 Å². The van der Waals surface area contributed by atoms with Gasteiger partial charge in [0, 0.05) is 17.3 Å². The van der Waals surface area contributed by atoms with Crippen LogP contribution in [0.2, 0.25) is 0 Å². The minimum Gasteiger partial charge on any atom is -0.494 e. The number of aromatic carboxylic acids is 1. The molecule has 0 amide bonds. The second-order valence-corrected chi connectivity index (χ2v) is 6.34. The van der Waals surface area contributed by atoms with Crippen LogP contribution in [0.4, 0.5) is 11.4 Å². The fourth-order valence-electron chi connectivity index (χ4n) is 2.95. The number of anilines is 2. The van der Waals surface area contributed by atoms with Gasteiger partial charge in [-0.15, -0.1) is 0 Å². The van der Waals surface area contributed by atoms with Crippen LogP contribution in [0.15, 0.2) is 42.6 Å². The zero-order valence-electron chi connectivity index (χ0n) is 16.5. The summed E-state index contributed by atoms with van der Waals surface area (Å²) in [5.41, 5.74) is 2.95. The fraction of sp³-hybridized carbons (Fsp3) is 0.227. The molecule has 0 saturated carbocycles. The Bertz CT molecular complexity index is 1080. The molecular formula is C22H22N2O5. The van der Waals surface area contributed by atoms with Gasteiger partial charge in [-0.2, -0.15) is 0 Å². The van der Waals surface area contributed by atoms with Gasteiger partial charge < -0.3 is 19.9 Å². The molecule has 0 aliphatic carbocycles. The van der Waals surface area contributed by atoms with Gasteiger partial charge >= 0.3 is 11.9 Å².